The Kier molecular flexibility index (Phi) is 5.08. The van der Waals surface area contributed by atoms with Crippen LogP contribution in [0.4, 0.5) is 11.4 Å². The Labute approximate surface area is 159 Å². The van der Waals surface area contributed by atoms with E-state index < -0.39 is 5.60 Å². The number of anilines is 2. The van der Waals surface area contributed by atoms with Crippen molar-refractivity contribution in [1.29, 1.82) is 0 Å². The van der Waals surface area contributed by atoms with Gasteiger partial charge >= 0.3 is 0 Å². The number of nitrogens with one attached hydrogen (secondary N) is 1. The number of benzene rings is 2. The van der Waals surface area contributed by atoms with Gasteiger partial charge in [0.25, 0.3) is 5.91 Å². The Hall–Kier alpha value is -3.02. The molecule has 2 amide bonds. The molecule has 1 aliphatic heterocycles. The van der Waals surface area contributed by atoms with Gasteiger partial charge in [-0.15, -0.1) is 0 Å². The second kappa shape index (κ2) is 7.31. The minimum Gasteiger partial charge on any atom is -0.492 e. The summed E-state index contributed by atoms with van der Waals surface area (Å²) >= 11 is 0. The number of hydrogen-bond acceptors (Lipinski definition) is 4. The summed E-state index contributed by atoms with van der Waals surface area (Å²) < 4.78 is 11.4. The minimum atomic E-state index is -1.04. The highest BCUT2D eigenvalue weighted by atomic mass is 16.5. The standard InChI is InChI=1S/C21H24N2O4/c1-5-26-17-9-7-6-8-15(17)22-19(24)13-23-16-12-14(2)10-11-18(16)27-21(3,4)20(23)25/h6-12H,5,13H2,1-4H3,(H,22,24). The Morgan fingerprint density at radius 3 is 2.70 bits per heavy atom. The third-order valence-electron chi connectivity index (χ3n) is 4.29. The Bertz CT molecular complexity index is 876. The maximum Gasteiger partial charge on any atom is 0.271 e. The summed E-state index contributed by atoms with van der Waals surface area (Å²) in [6.07, 6.45) is 0. The number of amides is 2. The molecule has 0 saturated carbocycles. The minimum absolute atomic E-state index is 0.109. The SMILES string of the molecule is CCOc1ccccc1NC(=O)CN1C(=O)C(C)(C)Oc2ccc(C)cc21. The van der Waals surface area contributed by atoms with Gasteiger partial charge in [-0.05, 0) is 57.5 Å². The first-order valence-corrected chi connectivity index (χ1v) is 8.95. The summed E-state index contributed by atoms with van der Waals surface area (Å²) in [5.74, 6) is 0.625. The molecule has 0 spiro atoms. The van der Waals surface area contributed by atoms with Gasteiger partial charge in [0.2, 0.25) is 5.91 Å². The summed E-state index contributed by atoms with van der Waals surface area (Å²) in [6.45, 7) is 7.60. The first-order valence-electron chi connectivity index (χ1n) is 8.95. The van der Waals surface area contributed by atoms with E-state index in [9.17, 15) is 9.59 Å². The molecule has 1 aliphatic rings. The van der Waals surface area contributed by atoms with Crippen LogP contribution >= 0.6 is 0 Å². The van der Waals surface area contributed by atoms with E-state index in [1.807, 2.05) is 44.2 Å². The monoisotopic (exact) mass is 368 g/mol. The predicted molar refractivity (Wildman–Crippen MR) is 104 cm³/mol. The lowest BCUT2D eigenvalue weighted by atomic mass is 10.0. The average Bonchev–Trinajstić information content (AvgIpc) is 2.61. The number of nitrogens with zero attached hydrogens (tertiary/aromatic N) is 1. The molecule has 27 heavy (non-hydrogen) atoms. The molecule has 0 atom stereocenters. The van der Waals surface area contributed by atoms with Crippen molar-refractivity contribution >= 4 is 23.2 Å². The predicted octanol–water partition coefficient (Wildman–Crippen LogP) is 3.54. The molecule has 0 unspecified atom stereocenters. The van der Waals surface area contributed by atoms with Crippen molar-refractivity contribution < 1.29 is 19.1 Å². The lowest BCUT2D eigenvalue weighted by molar-refractivity contribution is -0.133. The van der Waals surface area contributed by atoms with Crippen molar-refractivity contribution in [3.8, 4) is 11.5 Å². The van der Waals surface area contributed by atoms with Gasteiger partial charge in [-0.25, -0.2) is 0 Å². The van der Waals surface area contributed by atoms with E-state index in [0.717, 1.165) is 5.56 Å². The average molecular weight is 368 g/mol. The highest BCUT2D eigenvalue weighted by Crippen LogP contribution is 2.38. The lowest BCUT2D eigenvalue weighted by Crippen LogP contribution is -2.54. The number of rotatable bonds is 5. The maximum atomic E-state index is 12.9. The van der Waals surface area contributed by atoms with Crippen molar-refractivity contribution in [3.05, 3.63) is 48.0 Å². The van der Waals surface area contributed by atoms with Crippen LogP contribution in [0.25, 0.3) is 0 Å². The van der Waals surface area contributed by atoms with Crippen LogP contribution in [0.3, 0.4) is 0 Å². The largest absolute Gasteiger partial charge is 0.492 e. The van der Waals surface area contributed by atoms with E-state index in [4.69, 9.17) is 9.47 Å². The molecule has 2 aromatic carbocycles. The first-order chi connectivity index (χ1) is 12.8. The number of carbonyl (C=O) groups excluding carboxylic acids is 2. The van der Waals surface area contributed by atoms with Crippen LogP contribution in [-0.4, -0.2) is 30.6 Å². The van der Waals surface area contributed by atoms with Gasteiger partial charge < -0.3 is 14.8 Å². The molecule has 6 nitrogen and oxygen atoms in total. The molecule has 1 heterocycles. The fourth-order valence-corrected chi connectivity index (χ4v) is 3.02. The van der Waals surface area contributed by atoms with E-state index in [-0.39, 0.29) is 18.4 Å². The molecule has 0 aromatic heterocycles. The van der Waals surface area contributed by atoms with Gasteiger partial charge in [0.15, 0.2) is 5.60 Å². The molecular formula is C21H24N2O4. The number of carbonyl (C=O) groups is 2. The molecule has 0 saturated heterocycles. The third kappa shape index (κ3) is 3.89. The molecule has 6 heteroatoms. The summed E-state index contributed by atoms with van der Waals surface area (Å²) in [7, 11) is 0. The topological polar surface area (TPSA) is 67.9 Å². The molecule has 2 aromatic rings. The van der Waals surface area contributed by atoms with Crippen LogP contribution in [0.1, 0.15) is 26.3 Å². The van der Waals surface area contributed by atoms with Crippen LogP contribution in [0.2, 0.25) is 0 Å². The molecule has 0 aliphatic carbocycles. The normalized spacial score (nSPS) is 15.0. The van der Waals surface area contributed by atoms with Crippen LogP contribution in [-0.2, 0) is 9.59 Å². The molecule has 0 fully saturated rings. The maximum absolute atomic E-state index is 12.9. The highest BCUT2D eigenvalue weighted by Gasteiger charge is 2.41. The first kappa shape index (κ1) is 18.8. The van der Waals surface area contributed by atoms with Crippen LogP contribution < -0.4 is 19.7 Å². The zero-order chi connectivity index (χ0) is 19.6. The Morgan fingerprint density at radius 2 is 1.96 bits per heavy atom. The van der Waals surface area contributed by atoms with Crippen molar-refractivity contribution in [3.63, 3.8) is 0 Å². The highest BCUT2D eigenvalue weighted by molar-refractivity contribution is 6.08. The molecule has 0 bridgehead atoms. The Balaban J connectivity index is 1.85. The second-order valence-corrected chi connectivity index (χ2v) is 6.95. The van der Waals surface area contributed by atoms with Crippen molar-refractivity contribution in [2.75, 3.05) is 23.4 Å². The van der Waals surface area contributed by atoms with E-state index in [2.05, 4.69) is 5.32 Å². The summed E-state index contributed by atoms with van der Waals surface area (Å²) in [4.78, 5) is 27.0. The number of aryl methyl sites for hydroxylation is 1. The summed E-state index contributed by atoms with van der Waals surface area (Å²) in [5.41, 5.74) is 1.13. The molecule has 0 radical (unpaired) electrons. The smallest absolute Gasteiger partial charge is 0.271 e. The fourth-order valence-electron chi connectivity index (χ4n) is 3.02. The van der Waals surface area contributed by atoms with Crippen molar-refractivity contribution in [2.24, 2.45) is 0 Å². The van der Waals surface area contributed by atoms with E-state index in [1.54, 1.807) is 26.0 Å². The molecule has 3 rings (SSSR count). The van der Waals surface area contributed by atoms with Crippen LogP contribution in [0.5, 0.6) is 11.5 Å². The summed E-state index contributed by atoms with van der Waals surface area (Å²) in [6, 6.07) is 12.8. The van der Waals surface area contributed by atoms with Crippen LogP contribution in [0.15, 0.2) is 42.5 Å². The quantitative estimate of drug-likeness (QED) is 0.877. The zero-order valence-electron chi connectivity index (χ0n) is 16.0. The molecular weight excluding hydrogens is 344 g/mol. The number of hydrogen-bond donors (Lipinski definition) is 1. The van der Waals surface area contributed by atoms with Crippen LogP contribution in [0, 0.1) is 6.92 Å². The van der Waals surface area contributed by atoms with Gasteiger partial charge in [0.05, 0.1) is 18.0 Å². The van der Waals surface area contributed by atoms with E-state index in [0.29, 0.717) is 29.5 Å². The number of fused-ring (bicyclic) bond motifs is 1. The number of ether oxygens (including phenoxy) is 2. The zero-order valence-corrected chi connectivity index (χ0v) is 16.0. The van der Waals surface area contributed by atoms with Gasteiger partial charge in [-0.3, -0.25) is 14.5 Å². The van der Waals surface area contributed by atoms with E-state index >= 15 is 0 Å². The fraction of sp³-hybridized carbons (Fsp3) is 0.333. The van der Waals surface area contributed by atoms with Crippen molar-refractivity contribution in [1.82, 2.24) is 0 Å². The van der Waals surface area contributed by atoms with Gasteiger partial charge in [0.1, 0.15) is 18.0 Å². The van der Waals surface area contributed by atoms with Gasteiger partial charge in [-0.2, -0.15) is 0 Å². The molecule has 142 valence electrons. The van der Waals surface area contributed by atoms with Gasteiger partial charge in [-0.1, -0.05) is 18.2 Å². The van der Waals surface area contributed by atoms with Gasteiger partial charge in [0, 0.05) is 0 Å². The third-order valence-corrected chi connectivity index (χ3v) is 4.29. The van der Waals surface area contributed by atoms with Crippen molar-refractivity contribution in [2.45, 2.75) is 33.3 Å². The lowest BCUT2D eigenvalue weighted by Gasteiger charge is -2.38. The molecule has 1 N–H and O–H groups in total. The van der Waals surface area contributed by atoms with E-state index in [1.165, 1.54) is 4.90 Å². The number of para-hydroxylation sites is 2. The Morgan fingerprint density at radius 1 is 1.22 bits per heavy atom. The summed E-state index contributed by atoms with van der Waals surface area (Å²) in [5, 5.41) is 2.84. The second-order valence-electron chi connectivity index (χ2n) is 6.95.